The SMILES string of the molecule is O=[N+]([O-])c1cc(CCCN2CCOCC2)ccc1N1CCCCC1. The molecular formula is C18H27N3O3. The van der Waals surface area contributed by atoms with Crippen molar-refractivity contribution >= 4 is 11.4 Å². The molecule has 0 N–H and O–H groups in total. The largest absolute Gasteiger partial charge is 0.379 e. The number of hydrogen-bond acceptors (Lipinski definition) is 5. The fraction of sp³-hybridized carbons (Fsp3) is 0.667. The zero-order chi connectivity index (χ0) is 16.8. The summed E-state index contributed by atoms with van der Waals surface area (Å²) in [6, 6.07) is 5.80. The second kappa shape index (κ2) is 8.44. The Morgan fingerprint density at radius 1 is 1.08 bits per heavy atom. The molecule has 0 aromatic heterocycles. The minimum atomic E-state index is -0.227. The Hall–Kier alpha value is -1.66. The van der Waals surface area contributed by atoms with Crippen molar-refractivity contribution in [3.8, 4) is 0 Å². The van der Waals surface area contributed by atoms with E-state index < -0.39 is 0 Å². The number of nitro benzene ring substituents is 1. The number of benzene rings is 1. The highest BCUT2D eigenvalue weighted by Gasteiger charge is 2.21. The zero-order valence-corrected chi connectivity index (χ0v) is 14.3. The van der Waals surface area contributed by atoms with E-state index >= 15 is 0 Å². The van der Waals surface area contributed by atoms with Gasteiger partial charge in [-0.1, -0.05) is 6.07 Å². The van der Waals surface area contributed by atoms with Gasteiger partial charge in [0.2, 0.25) is 0 Å². The fourth-order valence-corrected chi connectivity index (χ4v) is 3.60. The number of nitro groups is 1. The number of anilines is 1. The van der Waals surface area contributed by atoms with Crippen LogP contribution in [0.1, 0.15) is 31.2 Å². The average molecular weight is 333 g/mol. The monoisotopic (exact) mass is 333 g/mol. The Morgan fingerprint density at radius 3 is 2.54 bits per heavy atom. The first-order valence-corrected chi connectivity index (χ1v) is 9.06. The first kappa shape index (κ1) is 17.2. The van der Waals surface area contributed by atoms with Gasteiger partial charge in [0.15, 0.2) is 0 Å². The summed E-state index contributed by atoms with van der Waals surface area (Å²) in [6.07, 6.45) is 5.39. The standard InChI is InChI=1S/C18H27N3O3/c22-21(23)18-15-16(5-4-8-19-11-13-24-14-12-19)6-7-17(18)20-9-2-1-3-10-20/h6-7,15H,1-5,8-14H2. The molecule has 2 heterocycles. The van der Waals surface area contributed by atoms with Gasteiger partial charge in [-0.3, -0.25) is 15.0 Å². The van der Waals surface area contributed by atoms with Crippen LogP contribution < -0.4 is 4.90 Å². The second-order valence-corrected chi connectivity index (χ2v) is 6.69. The minimum absolute atomic E-state index is 0.227. The van der Waals surface area contributed by atoms with E-state index in [9.17, 15) is 10.1 Å². The van der Waals surface area contributed by atoms with Crippen LogP contribution in [0.15, 0.2) is 18.2 Å². The van der Waals surface area contributed by atoms with Gasteiger partial charge in [-0.25, -0.2) is 0 Å². The highest BCUT2D eigenvalue weighted by atomic mass is 16.6. The van der Waals surface area contributed by atoms with Crippen LogP contribution in [0.4, 0.5) is 11.4 Å². The summed E-state index contributed by atoms with van der Waals surface area (Å²) < 4.78 is 5.36. The molecule has 6 nitrogen and oxygen atoms in total. The third-order valence-corrected chi connectivity index (χ3v) is 4.98. The third-order valence-electron chi connectivity index (χ3n) is 4.98. The van der Waals surface area contributed by atoms with E-state index in [1.807, 2.05) is 6.07 Å². The van der Waals surface area contributed by atoms with E-state index in [4.69, 9.17) is 4.74 Å². The van der Waals surface area contributed by atoms with Crippen molar-refractivity contribution in [2.45, 2.75) is 32.1 Å². The predicted molar refractivity (Wildman–Crippen MR) is 94.7 cm³/mol. The molecule has 3 rings (SSSR count). The Balaban J connectivity index is 1.61. The quantitative estimate of drug-likeness (QED) is 0.592. The highest BCUT2D eigenvalue weighted by molar-refractivity contribution is 5.64. The molecule has 132 valence electrons. The molecule has 2 aliphatic heterocycles. The molecule has 2 fully saturated rings. The van der Waals surface area contributed by atoms with Crippen LogP contribution in [0.3, 0.4) is 0 Å². The molecule has 6 heteroatoms. The van der Waals surface area contributed by atoms with Crippen molar-refractivity contribution in [1.29, 1.82) is 0 Å². The van der Waals surface area contributed by atoms with E-state index in [2.05, 4.69) is 15.9 Å². The number of hydrogen-bond donors (Lipinski definition) is 0. The molecule has 0 atom stereocenters. The van der Waals surface area contributed by atoms with Crippen LogP contribution in [-0.4, -0.2) is 55.8 Å². The number of ether oxygens (including phenoxy) is 1. The summed E-state index contributed by atoms with van der Waals surface area (Å²) in [5.41, 5.74) is 2.12. The van der Waals surface area contributed by atoms with Gasteiger partial charge in [0.05, 0.1) is 18.1 Å². The maximum atomic E-state index is 11.5. The lowest BCUT2D eigenvalue weighted by molar-refractivity contribution is -0.384. The molecule has 0 bridgehead atoms. The molecule has 0 aliphatic carbocycles. The van der Waals surface area contributed by atoms with Gasteiger partial charge in [-0.05, 0) is 50.3 Å². The molecule has 0 unspecified atom stereocenters. The van der Waals surface area contributed by atoms with Gasteiger partial charge in [0, 0.05) is 32.2 Å². The zero-order valence-electron chi connectivity index (χ0n) is 14.3. The number of morpholine rings is 1. The molecule has 0 saturated carbocycles. The summed E-state index contributed by atoms with van der Waals surface area (Å²) in [6.45, 7) is 6.51. The van der Waals surface area contributed by atoms with Crippen molar-refractivity contribution in [2.75, 3.05) is 50.8 Å². The van der Waals surface area contributed by atoms with Gasteiger partial charge < -0.3 is 9.64 Å². The maximum absolute atomic E-state index is 11.5. The van der Waals surface area contributed by atoms with Crippen LogP contribution >= 0.6 is 0 Å². The fourth-order valence-electron chi connectivity index (χ4n) is 3.60. The summed E-state index contributed by atoms with van der Waals surface area (Å²) in [7, 11) is 0. The summed E-state index contributed by atoms with van der Waals surface area (Å²) >= 11 is 0. The smallest absolute Gasteiger partial charge is 0.292 e. The first-order valence-electron chi connectivity index (χ1n) is 9.06. The van der Waals surface area contributed by atoms with Crippen molar-refractivity contribution < 1.29 is 9.66 Å². The van der Waals surface area contributed by atoms with E-state index in [0.717, 1.165) is 82.9 Å². The lowest BCUT2D eigenvalue weighted by Crippen LogP contribution is -2.36. The van der Waals surface area contributed by atoms with Crippen LogP contribution in [-0.2, 0) is 11.2 Å². The Labute approximate surface area is 143 Å². The lowest BCUT2D eigenvalue weighted by atomic mass is 10.1. The molecule has 1 aromatic carbocycles. The Bertz CT molecular complexity index is 552. The van der Waals surface area contributed by atoms with E-state index in [-0.39, 0.29) is 10.6 Å². The Kier molecular flexibility index (Phi) is 6.04. The molecule has 0 amide bonds. The van der Waals surface area contributed by atoms with Gasteiger partial charge in [-0.2, -0.15) is 0 Å². The van der Waals surface area contributed by atoms with Gasteiger partial charge in [0.1, 0.15) is 5.69 Å². The van der Waals surface area contributed by atoms with Crippen LogP contribution in [0.5, 0.6) is 0 Å². The van der Waals surface area contributed by atoms with Crippen molar-refractivity contribution in [2.24, 2.45) is 0 Å². The van der Waals surface area contributed by atoms with E-state index in [1.165, 1.54) is 6.42 Å². The number of piperidine rings is 1. The topological polar surface area (TPSA) is 58.9 Å². The predicted octanol–water partition coefficient (Wildman–Crippen LogP) is 2.85. The second-order valence-electron chi connectivity index (χ2n) is 6.69. The van der Waals surface area contributed by atoms with Crippen LogP contribution in [0, 0.1) is 10.1 Å². The minimum Gasteiger partial charge on any atom is -0.379 e. The lowest BCUT2D eigenvalue weighted by Gasteiger charge is -2.28. The van der Waals surface area contributed by atoms with Crippen molar-refractivity contribution in [3.63, 3.8) is 0 Å². The van der Waals surface area contributed by atoms with E-state index in [1.54, 1.807) is 6.07 Å². The number of rotatable bonds is 6. The molecule has 0 spiro atoms. The van der Waals surface area contributed by atoms with Crippen molar-refractivity contribution in [3.05, 3.63) is 33.9 Å². The molecule has 24 heavy (non-hydrogen) atoms. The third kappa shape index (κ3) is 4.45. The van der Waals surface area contributed by atoms with Gasteiger partial charge in [-0.15, -0.1) is 0 Å². The van der Waals surface area contributed by atoms with Gasteiger partial charge >= 0.3 is 0 Å². The van der Waals surface area contributed by atoms with Gasteiger partial charge in [0.25, 0.3) is 5.69 Å². The molecule has 0 radical (unpaired) electrons. The highest BCUT2D eigenvalue weighted by Crippen LogP contribution is 2.31. The van der Waals surface area contributed by atoms with Crippen LogP contribution in [0.2, 0.25) is 0 Å². The summed E-state index contributed by atoms with van der Waals surface area (Å²) in [5, 5.41) is 11.5. The van der Waals surface area contributed by atoms with Crippen molar-refractivity contribution in [1.82, 2.24) is 4.90 Å². The average Bonchev–Trinajstić information content (AvgIpc) is 2.63. The number of nitrogens with zero attached hydrogens (tertiary/aromatic N) is 3. The molecular weight excluding hydrogens is 306 g/mol. The van der Waals surface area contributed by atoms with E-state index in [0.29, 0.717) is 0 Å². The number of aryl methyl sites for hydroxylation is 1. The first-order chi connectivity index (χ1) is 11.7. The molecule has 2 saturated heterocycles. The molecule has 2 aliphatic rings. The van der Waals surface area contributed by atoms with Crippen LogP contribution in [0.25, 0.3) is 0 Å². The molecule has 1 aromatic rings. The maximum Gasteiger partial charge on any atom is 0.292 e. The summed E-state index contributed by atoms with van der Waals surface area (Å²) in [4.78, 5) is 15.8. The summed E-state index contributed by atoms with van der Waals surface area (Å²) in [5.74, 6) is 0. The Morgan fingerprint density at radius 2 is 1.83 bits per heavy atom. The normalized spacial score (nSPS) is 19.4.